The van der Waals surface area contributed by atoms with E-state index in [1.165, 1.54) is 29.5 Å². The van der Waals surface area contributed by atoms with Gasteiger partial charge in [-0.3, -0.25) is 0 Å². The van der Waals surface area contributed by atoms with Crippen molar-refractivity contribution >= 4 is 0 Å². The highest BCUT2D eigenvalue weighted by atomic mass is 14.9. The molecule has 0 spiro atoms. The molecular weight excluding hydrogens is 254 g/mol. The highest BCUT2D eigenvalue weighted by molar-refractivity contribution is 5.42. The molecule has 3 rings (SSSR count). The largest absolute Gasteiger partial charge is 0.313 e. The van der Waals surface area contributed by atoms with Crippen LogP contribution in [0, 0.1) is 6.92 Å². The highest BCUT2D eigenvalue weighted by Gasteiger charge is 2.32. The summed E-state index contributed by atoms with van der Waals surface area (Å²) in [5.74, 6) is 0.673. The summed E-state index contributed by atoms with van der Waals surface area (Å²) in [7, 11) is 0. The Morgan fingerprint density at radius 3 is 2.62 bits per heavy atom. The fourth-order valence-electron chi connectivity index (χ4n) is 3.42. The van der Waals surface area contributed by atoms with Crippen molar-refractivity contribution in [1.82, 2.24) is 5.32 Å². The molecule has 0 saturated heterocycles. The van der Waals surface area contributed by atoms with Crippen LogP contribution in [0.5, 0.6) is 0 Å². The van der Waals surface area contributed by atoms with Gasteiger partial charge >= 0.3 is 0 Å². The van der Waals surface area contributed by atoms with Crippen molar-refractivity contribution in [3.8, 4) is 0 Å². The van der Waals surface area contributed by atoms with Gasteiger partial charge in [0.05, 0.1) is 0 Å². The molecule has 2 aromatic carbocycles. The minimum atomic E-state index is 0.556. The Balaban J connectivity index is 1.78. The van der Waals surface area contributed by atoms with Crippen molar-refractivity contribution in [3.63, 3.8) is 0 Å². The maximum Gasteiger partial charge on any atom is 0.0180 e. The fraction of sp³-hybridized carbons (Fsp3) is 0.400. The van der Waals surface area contributed by atoms with Crippen LogP contribution in [0.4, 0.5) is 0 Å². The molecule has 2 unspecified atom stereocenters. The van der Waals surface area contributed by atoms with Gasteiger partial charge in [0, 0.05) is 12.0 Å². The molecule has 1 N–H and O–H groups in total. The molecule has 2 atom stereocenters. The summed E-state index contributed by atoms with van der Waals surface area (Å²) in [6.07, 6.45) is 3.55. The Hall–Kier alpha value is -1.60. The van der Waals surface area contributed by atoms with Crippen LogP contribution in [-0.4, -0.2) is 12.6 Å². The Kier molecular flexibility index (Phi) is 4.40. The predicted molar refractivity (Wildman–Crippen MR) is 89.9 cm³/mol. The number of nitrogens with one attached hydrogen (secondary N) is 1. The zero-order valence-corrected chi connectivity index (χ0v) is 13.1. The molecule has 0 heterocycles. The lowest BCUT2D eigenvalue weighted by atomic mass is 9.72. The lowest BCUT2D eigenvalue weighted by Crippen LogP contribution is -2.42. The zero-order valence-electron chi connectivity index (χ0n) is 13.1. The zero-order chi connectivity index (χ0) is 14.7. The van der Waals surface area contributed by atoms with Crippen molar-refractivity contribution in [2.45, 2.75) is 45.1 Å². The maximum absolute atomic E-state index is 3.79. The number of hydrogen-bond donors (Lipinski definition) is 1. The van der Waals surface area contributed by atoms with E-state index in [0.717, 1.165) is 13.0 Å². The smallest absolute Gasteiger partial charge is 0.0180 e. The summed E-state index contributed by atoms with van der Waals surface area (Å²) >= 11 is 0. The molecule has 0 saturated carbocycles. The lowest BCUT2D eigenvalue weighted by molar-refractivity contribution is 0.397. The summed E-state index contributed by atoms with van der Waals surface area (Å²) in [6, 6.07) is 18.3. The molecule has 1 aliphatic rings. The first-order chi connectivity index (χ1) is 10.3. The molecule has 1 heteroatoms. The van der Waals surface area contributed by atoms with Gasteiger partial charge in [-0.2, -0.15) is 0 Å². The molecule has 0 bridgehead atoms. The number of rotatable bonds is 6. The second kappa shape index (κ2) is 6.44. The van der Waals surface area contributed by atoms with Crippen molar-refractivity contribution in [1.29, 1.82) is 0 Å². The first-order valence-corrected chi connectivity index (χ1v) is 8.15. The van der Waals surface area contributed by atoms with Gasteiger partial charge in [0.15, 0.2) is 0 Å². The van der Waals surface area contributed by atoms with Crippen molar-refractivity contribution < 1.29 is 0 Å². The van der Waals surface area contributed by atoms with Crippen molar-refractivity contribution in [3.05, 3.63) is 70.8 Å². The third kappa shape index (κ3) is 3.03. The second-order valence-electron chi connectivity index (χ2n) is 6.20. The summed E-state index contributed by atoms with van der Waals surface area (Å²) in [4.78, 5) is 0. The Morgan fingerprint density at radius 1 is 1.10 bits per heavy atom. The van der Waals surface area contributed by atoms with Crippen LogP contribution in [0.2, 0.25) is 0 Å². The van der Waals surface area contributed by atoms with Gasteiger partial charge in [-0.15, -0.1) is 0 Å². The van der Waals surface area contributed by atoms with Gasteiger partial charge in [-0.05, 0) is 55.0 Å². The van der Waals surface area contributed by atoms with E-state index in [1.54, 1.807) is 5.56 Å². The van der Waals surface area contributed by atoms with Crippen LogP contribution in [0.15, 0.2) is 48.5 Å². The van der Waals surface area contributed by atoms with Gasteiger partial charge < -0.3 is 5.32 Å². The normalized spacial score (nSPS) is 17.9. The minimum Gasteiger partial charge on any atom is -0.313 e. The average Bonchev–Trinajstić information content (AvgIpc) is 2.48. The topological polar surface area (TPSA) is 12.0 Å². The van der Waals surface area contributed by atoms with Gasteiger partial charge in [0.1, 0.15) is 0 Å². The standard InChI is InChI=1S/C20H25N/c1-3-12-21-20(14-16-9-5-4-8-15(16)2)19-13-17-10-6-7-11-18(17)19/h4-11,19-21H,3,12-14H2,1-2H3. The summed E-state index contributed by atoms with van der Waals surface area (Å²) in [5.41, 5.74) is 5.99. The van der Waals surface area contributed by atoms with E-state index in [9.17, 15) is 0 Å². The van der Waals surface area contributed by atoms with E-state index in [4.69, 9.17) is 0 Å². The summed E-state index contributed by atoms with van der Waals surface area (Å²) in [5, 5.41) is 3.79. The van der Waals surface area contributed by atoms with E-state index in [2.05, 4.69) is 67.7 Å². The fourth-order valence-corrected chi connectivity index (χ4v) is 3.42. The number of aryl methyl sites for hydroxylation is 1. The quantitative estimate of drug-likeness (QED) is 0.833. The van der Waals surface area contributed by atoms with Gasteiger partial charge in [-0.25, -0.2) is 0 Å². The van der Waals surface area contributed by atoms with Crippen LogP contribution in [-0.2, 0) is 12.8 Å². The van der Waals surface area contributed by atoms with E-state index >= 15 is 0 Å². The lowest BCUT2D eigenvalue weighted by Gasteiger charge is -2.37. The predicted octanol–water partition coefficient (Wildman–Crippen LogP) is 4.25. The number of fused-ring (bicyclic) bond motifs is 1. The molecule has 0 aromatic heterocycles. The molecule has 110 valence electrons. The molecule has 0 radical (unpaired) electrons. The van der Waals surface area contributed by atoms with E-state index in [1.807, 2.05) is 0 Å². The molecule has 1 nitrogen and oxygen atoms in total. The Labute approximate surface area is 128 Å². The SMILES string of the molecule is CCCNC(Cc1ccccc1C)C1Cc2ccccc21. The minimum absolute atomic E-state index is 0.556. The Bertz CT molecular complexity index is 602. The van der Waals surface area contributed by atoms with E-state index < -0.39 is 0 Å². The van der Waals surface area contributed by atoms with Gasteiger partial charge in [0.25, 0.3) is 0 Å². The van der Waals surface area contributed by atoms with Crippen LogP contribution < -0.4 is 5.32 Å². The number of benzene rings is 2. The van der Waals surface area contributed by atoms with Gasteiger partial charge in [0.2, 0.25) is 0 Å². The summed E-state index contributed by atoms with van der Waals surface area (Å²) < 4.78 is 0. The molecular formula is C20H25N. The van der Waals surface area contributed by atoms with Crippen LogP contribution >= 0.6 is 0 Å². The van der Waals surface area contributed by atoms with E-state index in [-0.39, 0.29) is 0 Å². The molecule has 0 amide bonds. The van der Waals surface area contributed by atoms with Crippen LogP contribution in [0.25, 0.3) is 0 Å². The first kappa shape index (κ1) is 14.3. The molecule has 0 fully saturated rings. The molecule has 2 aromatic rings. The maximum atomic E-state index is 3.79. The van der Waals surface area contributed by atoms with E-state index in [0.29, 0.717) is 12.0 Å². The number of hydrogen-bond acceptors (Lipinski definition) is 1. The van der Waals surface area contributed by atoms with Crippen molar-refractivity contribution in [2.24, 2.45) is 0 Å². The molecule has 21 heavy (non-hydrogen) atoms. The average molecular weight is 279 g/mol. The molecule has 1 aliphatic carbocycles. The first-order valence-electron chi connectivity index (χ1n) is 8.15. The second-order valence-corrected chi connectivity index (χ2v) is 6.20. The van der Waals surface area contributed by atoms with Crippen molar-refractivity contribution in [2.75, 3.05) is 6.54 Å². The third-order valence-electron chi connectivity index (χ3n) is 4.74. The highest BCUT2D eigenvalue weighted by Crippen LogP contribution is 2.38. The van der Waals surface area contributed by atoms with Crippen LogP contribution in [0.1, 0.15) is 41.5 Å². The Morgan fingerprint density at radius 2 is 1.86 bits per heavy atom. The summed E-state index contributed by atoms with van der Waals surface area (Å²) in [6.45, 7) is 5.57. The monoisotopic (exact) mass is 279 g/mol. The molecule has 0 aliphatic heterocycles. The van der Waals surface area contributed by atoms with Gasteiger partial charge in [-0.1, -0.05) is 55.5 Å². The van der Waals surface area contributed by atoms with Crippen LogP contribution in [0.3, 0.4) is 0 Å². The third-order valence-corrected chi connectivity index (χ3v) is 4.74.